The van der Waals surface area contributed by atoms with Crippen molar-refractivity contribution < 1.29 is 28.6 Å². The zero-order valence-corrected chi connectivity index (χ0v) is 20.5. The number of aromatic nitrogens is 1. The summed E-state index contributed by atoms with van der Waals surface area (Å²) in [4.78, 5) is 45.9. The highest BCUT2D eigenvalue weighted by Crippen LogP contribution is 2.45. The smallest absolute Gasteiger partial charge is 0.311 e. The fourth-order valence-corrected chi connectivity index (χ4v) is 4.89. The topological polar surface area (TPSA) is 107 Å². The van der Waals surface area contributed by atoms with Gasteiger partial charge in [-0.3, -0.25) is 19.4 Å². The van der Waals surface area contributed by atoms with Crippen LogP contribution < -0.4 is 14.8 Å². The van der Waals surface area contributed by atoms with Crippen molar-refractivity contribution in [3.63, 3.8) is 0 Å². The molecule has 0 aliphatic carbocycles. The molecule has 1 fully saturated rings. The van der Waals surface area contributed by atoms with E-state index in [0.717, 1.165) is 11.1 Å². The lowest BCUT2D eigenvalue weighted by Gasteiger charge is -2.31. The van der Waals surface area contributed by atoms with E-state index >= 15 is 0 Å². The number of likely N-dealkylation sites (tertiary alicyclic amines) is 1. The van der Waals surface area contributed by atoms with Crippen LogP contribution in [0, 0.1) is 12.8 Å². The number of carbonyl (C=O) groups is 3. The van der Waals surface area contributed by atoms with E-state index in [-0.39, 0.29) is 19.1 Å². The van der Waals surface area contributed by atoms with Crippen molar-refractivity contribution in [1.82, 2.24) is 15.2 Å². The van der Waals surface area contributed by atoms with Crippen molar-refractivity contribution in [2.75, 3.05) is 13.9 Å². The summed E-state index contributed by atoms with van der Waals surface area (Å²) in [5.74, 6) is -0.926. The van der Waals surface area contributed by atoms with E-state index in [9.17, 15) is 14.4 Å². The third kappa shape index (κ3) is 4.84. The van der Waals surface area contributed by atoms with Crippen molar-refractivity contribution in [3.8, 4) is 11.5 Å². The number of esters is 1. The second-order valence-electron chi connectivity index (χ2n) is 9.10. The lowest BCUT2D eigenvalue weighted by molar-refractivity contribution is -0.146. The second-order valence-corrected chi connectivity index (χ2v) is 9.10. The minimum atomic E-state index is -0.905. The quantitative estimate of drug-likeness (QED) is 0.517. The minimum Gasteiger partial charge on any atom is -0.469 e. The van der Waals surface area contributed by atoms with E-state index in [1.807, 2.05) is 31.2 Å². The number of pyridine rings is 1. The Labute approximate surface area is 214 Å². The van der Waals surface area contributed by atoms with Crippen molar-refractivity contribution >= 4 is 17.8 Å². The molecule has 2 aromatic carbocycles. The number of ether oxygens (including phenoxy) is 3. The highest BCUT2D eigenvalue weighted by Gasteiger charge is 2.51. The molecular weight excluding hydrogens is 474 g/mol. The number of carbonyl (C=O) groups excluding carboxylic acids is 3. The van der Waals surface area contributed by atoms with Gasteiger partial charge in [-0.1, -0.05) is 35.9 Å². The Bertz CT molecular complexity index is 1310. The molecule has 9 heteroatoms. The maximum absolute atomic E-state index is 13.8. The molecule has 2 aliphatic heterocycles. The summed E-state index contributed by atoms with van der Waals surface area (Å²) < 4.78 is 16.1. The van der Waals surface area contributed by atoms with Gasteiger partial charge in [-0.25, -0.2) is 0 Å². The van der Waals surface area contributed by atoms with Gasteiger partial charge in [-0.15, -0.1) is 0 Å². The molecule has 3 unspecified atom stereocenters. The Morgan fingerprint density at radius 2 is 1.86 bits per heavy atom. The van der Waals surface area contributed by atoms with Gasteiger partial charge in [0.25, 0.3) is 5.91 Å². The van der Waals surface area contributed by atoms with Crippen molar-refractivity contribution in [2.24, 2.45) is 5.92 Å². The Morgan fingerprint density at radius 1 is 1.08 bits per heavy atom. The molecule has 1 N–H and O–H groups in total. The van der Waals surface area contributed by atoms with Gasteiger partial charge in [-0.2, -0.15) is 0 Å². The molecule has 1 aromatic heterocycles. The number of nitrogens with one attached hydrogen (secondary N) is 1. The monoisotopic (exact) mass is 501 g/mol. The summed E-state index contributed by atoms with van der Waals surface area (Å²) in [6.45, 7) is 2.38. The fourth-order valence-electron chi connectivity index (χ4n) is 4.89. The first-order valence-corrected chi connectivity index (χ1v) is 12.0. The van der Waals surface area contributed by atoms with Gasteiger partial charge in [0.2, 0.25) is 12.7 Å². The summed E-state index contributed by atoms with van der Waals surface area (Å²) in [7, 11) is 1.30. The molecule has 0 bridgehead atoms. The van der Waals surface area contributed by atoms with Gasteiger partial charge in [-0.05, 0) is 48.7 Å². The van der Waals surface area contributed by atoms with Gasteiger partial charge in [0.15, 0.2) is 11.5 Å². The number of methoxy groups -OCH3 is 1. The Hall–Kier alpha value is -4.40. The lowest BCUT2D eigenvalue weighted by atomic mass is 9.92. The molecular formula is C28H27N3O6. The maximum Gasteiger partial charge on any atom is 0.311 e. The summed E-state index contributed by atoms with van der Waals surface area (Å²) >= 11 is 0. The zero-order valence-electron chi connectivity index (χ0n) is 20.5. The fraction of sp³-hybridized carbons (Fsp3) is 0.286. The van der Waals surface area contributed by atoms with Gasteiger partial charge in [0.1, 0.15) is 6.04 Å². The van der Waals surface area contributed by atoms with Crippen molar-refractivity contribution in [1.29, 1.82) is 0 Å². The average molecular weight is 502 g/mol. The van der Waals surface area contributed by atoms with E-state index in [2.05, 4.69) is 10.3 Å². The average Bonchev–Trinajstić information content (AvgIpc) is 3.57. The number of nitrogens with zero attached hydrogens (tertiary/aromatic N) is 2. The number of rotatable bonds is 6. The van der Waals surface area contributed by atoms with Crippen LogP contribution in [0.1, 0.15) is 39.5 Å². The molecule has 2 amide bonds. The minimum absolute atomic E-state index is 0.0895. The highest BCUT2D eigenvalue weighted by molar-refractivity contribution is 5.99. The first-order chi connectivity index (χ1) is 18.0. The number of aryl methyl sites for hydroxylation is 1. The van der Waals surface area contributed by atoms with Crippen molar-refractivity contribution in [2.45, 2.75) is 32.0 Å². The second kappa shape index (κ2) is 10.3. The number of amides is 2. The summed E-state index contributed by atoms with van der Waals surface area (Å²) in [6.07, 6.45) is 3.13. The first kappa shape index (κ1) is 24.3. The maximum atomic E-state index is 13.8. The van der Waals surface area contributed by atoms with Gasteiger partial charge in [0.05, 0.1) is 24.6 Å². The molecule has 0 radical (unpaired) electrons. The molecule has 1 saturated heterocycles. The third-order valence-corrected chi connectivity index (χ3v) is 6.77. The Balaban J connectivity index is 1.51. The van der Waals surface area contributed by atoms with Crippen LogP contribution in [-0.4, -0.2) is 47.6 Å². The van der Waals surface area contributed by atoms with Crippen LogP contribution in [0.15, 0.2) is 67.0 Å². The normalized spacial score (nSPS) is 19.9. The highest BCUT2D eigenvalue weighted by atomic mass is 16.7. The zero-order chi connectivity index (χ0) is 25.9. The molecule has 9 nitrogen and oxygen atoms in total. The number of fused-ring (bicyclic) bond motifs is 1. The van der Waals surface area contributed by atoms with Crippen LogP contribution in [0.3, 0.4) is 0 Å². The first-order valence-electron chi connectivity index (χ1n) is 12.0. The van der Waals surface area contributed by atoms with E-state index in [4.69, 9.17) is 14.2 Å². The molecule has 37 heavy (non-hydrogen) atoms. The van der Waals surface area contributed by atoms with E-state index in [0.29, 0.717) is 29.2 Å². The molecule has 3 atom stereocenters. The summed E-state index contributed by atoms with van der Waals surface area (Å²) in [6, 6.07) is 14.7. The predicted octanol–water partition coefficient (Wildman–Crippen LogP) is 3.18. The molecule has 3 aromatic rings. The largest absolute Gasteiger partial charge is 0.469 e. The molecule has 0 saturated carbocycles. The van der Waals surface area contributed by atoms with E-state index in [1.54, 1.807) is 36.5 Å². The van der Waals surface area contributed by atoms with Gasteiger partial charge >= 0.3 is 5.97 Å². The molecule has 190 valence electrons. The standard InChI is InChI=1S/C28H27N3O6/c1-17-5-7-18(8-6-17)14-30-26(32)22-13-21(28(34)35-2)25(19-9-10-23-24(12-19)37-16-36-23)31(22)27(33)20-4-3-11-29-15-20/h3-12,15,21-22,25H,13-14,16H2,1-2H3,(H,30,32). The Morgan fingerprint density at radius 3 is 2.59 bits per heavy atom. The van der Waals surface area contributed by atoms with Crippen molar-refractivity contribution in [3.05, 3.63) is 89.2 Å². The number of benzene rings is 2. The third-order valence-electron chi connectivity index (χ3n) is 6.77. The summed E-state index contributed by atoms with van der Waals surface area (Å²) in [5.41, 5.74) is 3.01. The molecule has 0 spiro atoms. The molecule has 2 aliphatic rings. The predicted molar refractivity (Wildman–Crippen MR) is 133 cm³/mol. The van der Waals surface area contributed by atoms with Gasteiger partial charge in [0, 0.05) is 18.9 Å². The lowest BCUT2D eigenvalue weighted by Crippen LogP contribution is -2.46. The van der Waals surface area contributed by atoms with Crippen LogP contribution in [0.5, 0.6) is 11.5 Å². The SMILES string of the molecule is COC(=O)C1CC(C(=O)NCc2ccc(C)cc2)N(C(=O)c2cccnc2)C1c1ccc2c(c1)OCO2. The van der Waals surface area contributed by atoms with Crippen LogP contribution in [0.25, 0.3) is 0 Å². The van der Waals surface area contributed by atoms with Crippen LogP contribution in [0.2, 0.25) is 0 Å². The van der Waals surface area contributed by atoms with E-state index in [1.165, 1.54) is 18.2 Å². The van der Waals surface area contributed by atoms with Crippen LogP contribution >= 0.6 is 0 Å². The van der Waals surface area contributed by atoms with E-state index < -0.39 is 29.9 Å². The van der Waals surface area contributed by atoms with Crippen LogP contribution in [0.4, 0.5) is 0 Å². The van der Waals surface area contributed by atoms with Crippen LogP contribution in [-0.2, 0) is 20.9 Å². The number of hydrogen-bond donors (Lipinski definition) is 1. The Kier molecular flexibility index (Phi) is 6.76. The molecule has 5 rings (SSSR count). The van der Waals surface area contributed by atoms with Gasteiger partial charge < -0.3 is 24.4 Å². The number of hydrogen-bond acceptors (Lipinski definition) is 7. The molecule has 3 heterocycles. The summed E-state index contributed by atoms with van der Waals surface area (Å²) in [5, 5.41) is 2.94.